The molecule has 1 aromatic rings. The Labute approximate surface area is 120 Å². The fourth-order valence-corrected chi connectivity index (χ4v) is 3.25. The Morgan fingerprint density at radius 3 is 2.65 bits per heavy atom. The highest BCUT2D eigenvalue weighted by Crippen LogP contribution is 2.29. The van der Waals surface area contributed by atoms with Crippen molar-refractivity contribution in [1.82, 2.24) is 4.72 Å². The van der Waals surface area contributed by atoms with E-state index in [0.29, 0.717) is 18.5 Å². The molecule has 0 bridgehead atoms. The first kappa shape index (κ1) is 16.3. The second-order valence-corrected chi connectivity index (χ2v) is 6.18. The highest BCUT2D eigenvalue weighted by Gasteiger charge is 2.23. The Balaban J connectivity index is 3.22. The lowest BCUT2D eigenvalue weighted by molar-refractivity contribution is 0.401. The zero-order valence-electron chi connectivity index (χ0n) is 11.9. The van der Waals surface area contributed by atoms with Gasteiger partial charge in [-0.05, 0) is 31.0 Å². The van der Waals surface area contributed by atoms with Crippen LogP contribution in [0.4, 0.5) is 5.69 Å². The molecular weight excluding hydrogens is 276 g/mol. The largest absolute Gasteiger partial charge is 0.495 e. The summed E-state index contributed by atoms with van der Waals surface area (Å²) < 4.78 is 32.5. The van der Waals surface area contributed by atoms with Crippen molar-refractivity contribution in [2.75, 3.05) is 12.8 Å². The summed E-state index contributed by atoms with van der Waals surface area (Å²) >= 11 is 0. The average molecular weight is 296 g/mol. The molecule has 0 fully saturated rings. The zero-order chi connectivity index (χ0) is 15.3. The van der Waals surface area contributed by atoms with Gasteiger partial charge in [0.2, 0.25) is 10.0 Å². The summed E-state index contributed by atoms with van der Waals surface area (Å²) in [6.45, 7) is 3.65. The minimum absolute atomic E-state index is 0.0265. The van der Waals surface area contributed by atoms with Gasteiger partial charge in [-0.2, -0.15) is 0 Å². The predicted molar refractivity (Wildman–Crippen MR) is 80.0 cm³/mol. The molecule has 3 N–H and O–H groups in total. The number of hydrogen-bond donors (Lipinski definition) is 2. The van der Waals surface area contributed by atoms with Crippen LogP contribution in [0.1, 0.15) is 25.3 Å². The van der Waals surface area contributed by atoms with Crippen molar-refractivity contribution >= 4 is 15.7 Å². The molecule has 1 rings (SSSR count). The maximum absolute atomic E-state index is 12.4. The number of nitrogens with one attached hydrogen (secondary N) is 1. The number of rotatable bonds is 6. The van der Waals surface area contributed by atoms with E-state index in [0.717, 1.165) is 5.56 Å². The Kier molecular flexibility index (Phi) is 5.43. The zero-order valence-corrected chi connectivity index (χ0v) is 12.8. The van der Waals surface area contributed by atoms with Gasteiger partial charge in [-0.15, -0.1) is 12.3 Å². The molecule has 5 nitrogen and oxygen atoms in total. The summed E-state index contributed by atoms with van der Waals surface area (Å²) in [5.74, 6) is 2.72. The van der Waals surface area contributed by atoms with Crippen molar-refractivity contribution < 1.29 is 13.2 Å². The standard InChI is InChI=1S/C14H20N2O3S/c1-5-7-11(6-2)16-20(17,18)14-9-12(15)10(3)8-13(14)19-4/h1,8-9,11,16H,6-7,15H2,2-4H3. The van der Waals surface area contributed by atoms with E-state index in [1.165, 1.54) is 13.2 Å². The molecule has 1 unspecified atom stereocenters. The van der Waals surface area contributed by atoms with Crippen LogP contribution in [-0.2, 0) is 10.0 Å². The van der Waals surface area contributed by atoms with Gasteiger partial charge in [-0.3, -0.25) is 0 Å². The molecule has 0 aliphatic carbocycles. The first-order chi connectivity index (χ1) is 9.35. The smallest absolute Gasteiger partial charge is 0.244 e. The number of nitrogen functional groups attached to an aromatic ring is 1. The molecule has 0 heterocycles. The van der Waals surface area contributed by atoms with Gasteiger partial charge >= 0.3 is 0 Å². The number of terminal acetylenes is 1. The van der Waals surface area contributed by atoms with E-state index < -0.39 is 10.0 Å². The highest BCUT2D eigenvalue weighted by atomic mass is 32.2. The lowest BCUT2D eigenvalue weighted by Crippen LogP contribution is -2.34. The number of aryl methyl sites for hydroxylation is 1. The normalized spacial score (nSPS) is 12.7. The molecule has 0 amide bonds. The Bertz CT molecular complexity index is 618. The van der Waals surface area contributed by atoms with Crippen LogP contribution in [0.25, 0.3) is 0 Å². The van der Waals surface area contributed by atoms with Crippen LogP contribution in [0.3, 0.4) is 0 Å². The molecule has 1 atom stereocenters. The third-order valence-corrected chi connectivity index (χ3v) is 4.56. The van der Waals surface area contributed by atoms with Crippen LogP contribution >= 0.6 is 0 Å². The predicted octanol–water partition coefficient (Wildman–Crippen LogP) is 1.67. The fraction of sp³-hybridized carbons (Fsp3) is 0.429. The highest BCUT2D eigenvalue weighted by molar-refractivity contribution is 7.89. The van der Waals surface area contributed by atoms with Crippen molar-refractivity contribution in [3.63, 3.8) is 0 Å². The fourth-order valence-electron chi connectivity index (χ4n) is 1.74. The molecule has 1 aromatic carbocycles. The van der Waals surface area contributed by atoms with Crippen molar-refractivity contribution in [2.24, 2.45) is 0 Å². The van der Waals surface area contributed by atoms with Gasteiger partial charge in [0.1, 0.15) is 10.6 Å². The van der Waals surface area contributed by atoms with E-state index in [-0.39, 0.29) is 16.7 Å². The first-order valence-corrected chi connectivity index (χ1v) is 7.74. The Morgan fingerprint density at radius 1 is 1.50 bits per heavy atom. The average Bonchev–Trinajstić information content (AvgIpc) is 2.40. The van der Waals surface area contributed by atoms with Crippen LogP contribution in [0.5, 0.6) is 5.75 Å². The van der Waals surface area contributed by atoms with Crippen LogP contribution < -0.4 is 15.2 Å². The summed E-state index contributed by atoms with van der Waals surface area (Å²) in [7, 11) is -2.31. The number of benzene rings is 1. The molecule has 0 aromatic heterocycles. The number of sulfonamides is 1. The van der Waals surface area contributed by atoms with E-state index in [4.69, 9.17) is 16.9 Å². The summed E-state index contributed by atoms with van der Waals surface area (Å²) in [4.78, 5) is 0.0265. The van der Waals surface area contributed by atoms with Crippen molar-refractivity contribution in [3.8, 4) is 18.1 Å². The first-order valence-electron chi connectivity index (χ1n) is 6.25. The maximum Gasteiger partial charge on any atom is 0.244 e. The van der Waals surface area contributed by atoms with Crippen molar-refractivity contribution in [3.05, 3.63) is 17.7 Å². The van der Waals surface area contributed by atoms with Crippen LogP contribution in [0, 0.1) is 19.3 Å². The quantitative estimate of drug-likeness (QED) is 0.618. The second kappa shape index (κ2) is 6.64. The van der Waals surface area contributed by atoms with Crippen LogP contribution in [-0.4, -0.2) is 21.6 Å². The van der Waals surface area contributed by atoms with Crippen molar-refractivity contribution in [1.29, 1.82) is 0 Å². The summed E-state index contributed by atoms with van der Waals surface area (Å²) in [5, 5.41) is 0. The van der Waals surface area contributed by atoms with Gasteiger partial charge in [-0.1, -0.05) is 6.92 Å². The molecule has 0 radical (unpaired) electrons. The third kappa shape index (κ3) is 3.65. The van der Waals surface area contributed by atoms with Crippen molar-refractivity contribution in [2.45, 2.75) is 37.6 Å². The van der Waals surface area contributed by atoms with E-state index in [1.807, 2.05) is 6.92 Å². The molecule has 0 saturated heterocycles. The minimum atomic E-state index is -3.73. The Hall–Kier alpha value is -1.71. The number of hydrogen-bond acceptors (Lipinski definition) is 4. The number of ether oxygens (including phenoxy) is 1. The molecular formula is C14H20N2O3S. The Morgan fingerprint density at radius 2 is 2.15 bits per heavy atom. The lowest BCUT2D eigenvalue weighted by Gasteiger charge is -2.17. The van der Waals surface area contributed by atoms with Gasteiger partial charge < -0.3 is 10.5 Å². The molecule has 6 heteroatoms. The molecule has 0 aliphatic heterocycles. The van der Waals surface area contributed by atoms with Gasteiger partial charge in [0, 0.05) is 18.2 Å². The van der Waals surface area contributed by atoms with E-state index in [2.05, 4.69) is 10.6 Å². The maximum atomic E-state index is 12.4. The number of methoxy groups -OCH3 is 1. The van der Waals surface area contributed by atoms with E-state index in [9.17, 15) is 8.42 Å². The van der Waals surface area contributed by atoms with E-state index >= 15 is 0 Å². The number of nitrogens with two attached hydrogens (primary N) is 1. The second-order valence-electron chi connectivity index (χ2n) is 4.49. The topological polar surface area (TPSA) is 81.4 Å². The SMILES string of the molecule is C#CCC(CC)NS(=O)(=O)c1cc(N)c(C)cc1OC. The lowest BCUT2D eigenvalue weighted by atomic mass is 10.2. The monoisotopic (exact) mass is 296 g/mol. The summed E-state index contributed by atoms with van der Waals surface area (Å²) in [5.41, 5.74) is 6.94. The summed E-state index contributed by atoms with van der Waals surface area (Å²) in [6, 6.07) is 2.70. The molecule has 0 spiro atoms. The molecule has 110 valence electrons. The van der Waals surface area contributed by atoms with Crippen LogP contribution in [0.2, 0.25) is 0 Å². The van der Waals surface area contributed by atoms with Gasteiger partial charge in [0.15, 0.2) is 0 Å². The molecule has 0 saturated carbocycles. The number of anilines is 1. The molecule has 20 heavy (non-hydrogen) atoms. The van der Waals surface area contributed by atoms with Gasteiger partial charge in [0.25, 0.3) is 0 Å². The van der Waals surface area contributed by atoms with Crippen LogP contribution in [0.15, 0.2) is 17.0 Å². The van der Waals surface area contributed by atoms with E-state index in [1.54, 1.807) is 13.0 Å². The third-order valence-electron chi connectivity index (χ3n) is 3.02. The minimum Gasteiger partial charge on any atom is -0.495 e. The van der Waals surface area contributed by atoms with Gasteiger partial charge in [-0.25, -0.2) is 13.1 Å². The molecule has 0 aliphatic rings. The summed E-state index contributed by atoms with van der Waals surface area (Å²) in [6.07, 6.45) is 6.17. The van der Waals surface area contributed by atoms with Gasteiger partial charge in [0.05, 0.1) is 7.11 Å².